The first kappa shape index (κ1) is 15.0. The van der Waals surface area contributed by atoms with Crippen LogP contribution in [0.4, 0.5) is 0 Å². The molecule has 1 aromatic rings. The van der Waals surface area contributed by atoms with E-state index in [1.807, 2.05) is 11.9 Å². The number of nitrogens with zero attached hydrogens (tertiary/aromatic N) is 1. The van der Waals surface area contributed by atoms with E-state index in [1.54, 1.807) is 0 Å². The Morgan fingerprint density at radius 2 is 2.23 bits per heavy atom. The van der Waals surface area contributed by atoms with Gasteiger partial charge >= 0.3 is 0 Å². The third kappa shape index (κ3) is 3.14. The maximum atomic E-state index is 12.6. The zero-order valence-electron chi connectivity index (χ0n) is 13.1. The monoisotopic (exact) mass is 302 g/mol. The van der Waals surface area contributed by atoms with Crippen LogP contribution in [0.5, 0.6) is 0 Å². The maximum Gasteiger partial charge on any atom is 0.278 e. The van der Waals surface area contributed by atoms with E-state index in [4.69, 9.17) is 0 Å². The van der Waals surface area contributed by atoms with E-state index in [-0.39, 0.29) is 17.9 Å². The topological polar surface area (TPSA) is 53.9 Å². The van der Waals surface area contributed by atoms with Crippen LogP contribution >= 0.6 is 0 Å². The van der Waals surface area contributed by atoms with Crippen LogP contribution in [0, 0.1) is 0 Å². The fraction of sp³-hybridized carbons (Fsp3) is 0.529. The van der Waals surface area contributed by atoms with Gasteiger partial charge in [0, 0.05) is 7.05 Å². The van der Waals surface area contributed by atoms with Crippen molar-refractivity contribution in [2.75, 3.05) is 33.2 Å². The largest absolute Gasteiger partial charge is 0.346 e. The van der Waals surface area contributed by atoms with Crippen molar-refractivity contribution in [3.8, 4) is 0 Å². The number of aryl methyl sites for hydroxylation is 1. The number of rotatable bonds is 3. The molecule has 1 aromatic carbocycles. The highest BCUT2D eigenvalue weighted by molar-refractivity contribution is 5.79. The van der Waals surface area contributed by atoms with Gasteiger partial charge in [-0.25, -0.2) is 0 Å². The maximum absolute atomic E-state index is 12.6. The number of quaternary nitrogens is 1. The van der Waals surface area contributed by atoms with Crippen LogP contribution in [0.2, 0.25) is 0 Å². The predicted octanol–water partition coefficient (Wildman–Crippen LogP) is -0.463. The summed E-state index contributed by atoms with van der Waals surface area (Å²) >= 11 is 0. The number of benzene rings is 1. The van der Waals surface area contributed by atoms with E-state index >= 15 is 0 Å². The second kappa shape index (κ2) is 6.48. The molecule has 5 nitrogen and oxygen atoms in total. The number of fused-ring (bicyclic) bond motifs is 1. The molecule has 1 unspecified atom stereocenters. The van der Waals surface area contributed by atoms with Gasteiger partial charge in [0.1, 0.15) is 0 Å². The molecule has 22 heavy (non-hydrogen) atoms. The van der Waals surface area contributed by atoms with Crippen LogP contribution in [0.1, 0.15) is 30.0 Å². The Balaban J connectivity index is 1.67. The molecular formula is C17H24N3O2+. The van der Waals surface area contributed by atoms with E-state index in [2.05, 4.69) is 29.6 Å². The number of carbonyl (C=O) groups is 2. The molecule has 1 fully saturated rings. The zero-order valence-corrected chi connectivity index (χ0v) is 13.1. The molecule has 2 aliphatic rings. The van der Waals surface area contributed by atoms with Gasteiger partial charge in [0.15, 0.2) is 13.1 Å². The molecule has 1 aliphatic carbocycles. The molecule has 5 heteroatoms. The summed E-state index contributed by atoms with van der Waals surface area (Å²) in [5.41, 5.74) is 2.65. The SMILES string of the molecule is CN(C(=O)C[NH+]1CCNC(=O)C1)[C@H]1CCCc2ccccc21. The molecule has 118 valence electrons. The third-order valence-electron chi connectivity index (χ3n) is 4.81. The molecule has 0 spiro atoms. The standard InChI is InChI=1S/C17H23N3O2/c1-19(17(22)12-20-10-9-18-16(21)11-20)15-8-4-6-13-5-2-3-7-14(13)15/h2-3,5,7,15H,4,6,8-12H2,1H3,(H,18,21)/p+1/t15-/m0/s1. The highest BCUT2D eigenvalue weighted by atomic mass is 16.2. The average Bonchev–Trinajstić information content (AvgIpc) is 2.53. The fourth-order valence-corrected chi connectivity index (χ4v) is 3.55. The average molecular weight is 302 g/mol. The quantitative estimate of drug-likeness (QED) is 0.794. The fourth-order valence-electron chi connectivity index (χ4n) is 3.55. The van der Waals surface area contributed by atoms with Gasteiger partial charge in [-0.2, -0.15) is 0 Å². The van der Waals surface area contributed by atoms with Gasteiger partial charge in [-0.15, -0.1) is 0 Å². The summed E-state index contributed by atoms with van der Waals surface area (Å²) in [6.45, 7) is 2.30. The van der Waals surface area contributed by atoms with Gasteiger partial charge in [-0.05, 0) is 30.4 Å². The van der Waals surface area contributed by atoms with Crippen molar-refractivity contribution in [1.82, 2.24) is 10.2 Å². The Morgan fingerprint density at radius 3 is 3.05 bits per heavy atom. The van der Waals surface area contributed by atoms with Crippen LogP contribution in [-0.4, -0.2) is 49.9 Å². The first-order valence-electron chi connectivity index (χ1n) is 8.09. The lowest BCUT2D eigenvalue weighted by Crippen LogP contribution is -3.16. The number of hydrogen-bond acceptors (Lipinski definition) is 2. The third-order valence-corrected chi connectivity index (χ3v) is 4.81. The number of hydrogen-bond donors (Lipinski definition) is 2. The number of likely N-dealkylation sites (N-methyl/N-ethyl adjacent to an activating group) is 1. The minimum atomic E-state index is 0.0414. The summed E-state index contributed by atoms with van der Waals surface area (Å²) in [5, 5.41) is 2.81. The molecule has 1 aliphatic heterocycles. The van der Waals surface area contributed by atoms with Crippen molar-refractivity contribution in [3.63, 3.8) is 0 Å². The zero-order chi connectivity index (χ0) is 15.5. The van der Waals surface area contributed by atoms with E-state index in [0.29, 0.717) is 19.6 Å². The molecule has 2 N–H and O–H groups in total. The lowest BCUT2D eigenvalue weighted by molar-refractivity contribution is -0.885. The van der Waals surface area contributed by atoms with Crippen LogP contribution < -0.4 is 10.2 Å². The van der Waals surface area contributed by atoms with Gasteiger partial charge in [0.05, 0.1) is 19.1 Å². The van der Waals surface area contributed by atoms with Crippen LogP contribution in [0.25, 0.3) is 0 Å². The minimum Gasteiger partial charge on any atom is -0.346 e. The first-order valence-corrected chi connectivity index (χ1v) is 8.09. The van der Waals surface area contributed by atoms with E-state index in [9.17, 15) is 9.59 Å². The summed E-state index contributed by atoms with van der Waals surface area (Å²) in [7, 11) is 1.90. The Kier molecular flexibility index (Phi) is 4.43. The highest BCUT2D eigenvalue weighted by Crippen LogP contribution is 2.33. The summed E-state index contributed by atoms with van der Waals surface area (Å²) in [6.07, 6.45) is 3.25. The van der Waals surface area contributed by atoms with Crippen molar-refractivity contribution in [3.05, 3.63) is 35.4 Å². The van der Waals surface area contributed by atoms with Gasteiger partial charge in [-0.1, -0.05) is 24.3 Å². The molecule has 2 atom stereocenters. The van der Waals surface area contributed by atoms with Crippen molar-refractivity contribution in [2.45, 2.75) is 25.3 Å². The van der Waals surface area contributed by atoms with Gasteiger partial charge in [0.25, 0.3) is 11.8 Å². The Hall–Kier alpha value is -1.88. The normalized spacial score (nSPS) is 24.3. The molecule has 3 rings (SSSR count). The summed E-state index contributed by atoms with van der Waals surface area (Å²) in [4.78, 5) is 27.0. The molecule has 0 radical (unpaired) electrons. The Labute approximate surface area is 131 Å². The number of carbonyl (C=O) groups excluding carboxylic acids is 2. The second-order valence-corrected chi connectivity index (χ2v) is 6.31. The molecule has 0 bridgehead atoms. The number of piperazine rings is 1. The second-order valence-electron chi connectivity index (χ2n) is 6.31. The van der Waals surface area contributed by atoms with Crippen molar-refractivity contribution >= 4 is 11.8 Å². The van der Waals surface area contributed by atoms with Crippen molar-refractivity contribution < 1.29 is 14.5 Å². The number of amides is 2. The minimum absolute atomic E-state index is 0.0414. The summed E-state index contributed by atoms with van der Waals surface area (Å²) < 4.78 is 0. The van der Waals surface area contributed by atoms with Crippen molar-refractivity contribution in [2.24, 2.45) is 0 Å². The van der Waals surface area contributed by atoms with E-state index in [1.165, 1.54) is 11.1 Å². The summed E-state index contributed by atoms with van der Waals surface area (Å²) in [6, 6.07) is 8.61. The lowest BCUT2D eigenvalue weighted by atomic mass is 9.87. The Bertz CT molecular complexity index is 573. The van der Waals surface area contributed by atoms with Crippen LogP contribution in [0.3, 0.4) is 0 Å². The van der Waals surface area contributed by atoms with Crippen molar-refractivity contribution in [1.29, 1.82) is 0 Å². The number of nitrogens with one attached hydrogen (secondary N) is 2. The lowest BCUT2D eigenvalue weighted by Gasteiger charge is -2.34. The smallest absolute Gasteiger partial charge is 0.278 e. The van der Waals surface area contributed by atoms with Gasteiger partial charge < -0.3 is 15.1 Å². The van der Waals surface area contributed by atoms with Crippen LogP contribution in [-0.2, 0) is 16.0 Å². The predicted molar refractivity (Wildman–Crippen MR) is 83.5 cm³/mol. The van der Waals surface area contributed by atoms with Crippen LogP contribution in [0.15, 0.2) is 24.3 Å². The molecule has 0 aromatic heterocycles. The summed E-state index contributed by atoms with van der Waals surface area (Å²) in [5.74, 6) is 0.172. The molecule has 0 saturated carbocycles. The van der Waals surface area contributed by atoms with E-state index < -0.39 is 0 Å². The molecule has 1 heterocycles. The molecular weight excluding hydrogens is 278 g/mol. The Morgan fingerprint density at radius 1 is 1.41 bits per heavy atom. The molecule has 2 amide bonds. The highest BCUT2D eigenvalue weighted by Gasteiger charge is 2.29. The molecule has 1 saturated heterocycles. The first-order chi connectivity index (χ1) is 10.6. The van der Waals surface area contributed by atoms with Gasteiger partial charge in [0.2, 0.25) is 0 Å². The van der Waals surface area contributed by atoms with Gasteiger partial charge in [-0.3, -0.25) is 9.59 Å². The van der Waals surface area contributed by atoms with E-state index in [0.717, 1.165) is 30.7 Å².